The molecule has 1 aliphatic heterocycles. The predicted octanol–water partition coefficient (Wildman–Crippen LogP) is 1.71. The fourth-order valence-electron chi connectivity index (χ4n) is 1.85. The molecule has 1 atom stereocenters. The summed E-state index contributed by atoms with van der Waals surface area (Å²) in [7, 11) is 0. The molecule has 2 rings (SSSR count). The summed E-state index contributed by atoms with van der Waals surface area (Å²) >= 11 is 0. The summed E-state index contributed by atoms with van der Waals surface area (Å²) in [5.74, 6) is 0. The topological polar surface area (TPSA) is 32.3 Å². The number of aliphatic hydroxyl groups is 1. The zero-order valence-electron chi connectivity index (χ0n) is 8.09. The maximum absolute atomic E-state index is 9.20. The molecule has 0 amide bonds. The summed E-state index contributed by atoms with van der Waals surface area (Å²) in [6.07, 6.45) is 0.916. The molecule has 0 saturated heterocycles. The van der Waals surface area contributed by atoms with Crippen molar-refractivity contribution in [1.29, 1.82) is 0 Å². The Balaban J connectivity index is 2.35. The van der Waals surface area contributed by atoms with Gasteiger partial charge < -0.3 is 10.4 Å². The third-order valence-corrected chi connectivity index (χ3v) is 2.63. The van der Waals surface area contributed by atoms with Crippen LogP contribution in [-0.4, -0.2) is 17.3 Å². The summed E-state index contributed by atoms with van der Waals surface area (Å²) in [5.41, 5.74) is 3.59. The Labute approximate surface area is 78.6 Å². The molecule has 1 aliphatic rings. The van der Waals surface area contributed by atoms with E-state index in [9.17, 15) is 5.11 Å². The van der Waals surface area contributed by atoms with Gasteiger partial charge in [-0.25, -0.2) is 0 Å². The Morgan fingerprint density at radius 1 is 1.54 bits per heavy atom. The number of nitrogens with one attached hydrogen (secondary N) is 1. The fourth-order valence-corrected chi connectivity index (χ4v) is 1.85. The van der Waals surface area contributed by atoms with Crippen LogP contribution in [0.5, 0.6) is 0 Å². The van der Waals surface area contributed by atoms with Gasteiger partial charge in [0, 0.05) is 5.69 Å². The largest absolute Gasteiger partial charge is 0.394 e. The van der Waals surface area contributed by atoms with E-state index in [0.29, 0.717) is 0 Å². The molecule has 1 heterocycles. The van der Waals surface area contributed by atoms with Crippen LogP contribution < -0.4 is 5.32 Å². The van der Waals surface area contributed by atoms with Gasteiger partial charge >= 0.3 is 0 Å². The average molecular weight is 177 g/mol. The second kappa shape index (κ2) is 2.74. The molecular formula is C11H15NO. The zero-order valence-corrected chi connectivity index (χ0v) is 8.09. The Kier molecular flexibility index (Phi) is 1.81. The maximum Gasteiger partial charge on any atom is 0.0662 e. The van der Waals surface area contributed by atoms with Gasteiger partial charge in [-0.2, -0.15) is 0 Å². The zero-order chi connectivity index (χ0) is 9.47. The molecule has 1 unspecified atom stereocenters. The van der Waals surface area contributed by atoms with Crippen molar-refractivity contribution >= 4 is 5.69 Å². The standard InChI is InChI=1S/C11H15NO/c1-8-3-4-9-6-11(2,7-13)12-10(9)5-8/h3-5,12-13H,6-7H2,1-2H3. The lowest BCUT2D eigenvalue weighted by atomic mass is 9.99. The Morgan fingerprint density at radius 2 is 2.31 bits per heavy atom. The third-order valence-electron chi connectivity index (χ3n) is 2.63. The minimum absolute atomic E-state index is 0.157. The molecule has 13 heavy (non-hydrogen) atoms. The highest BCUT2D eigenvalue weighted by atomic mass is 16.3. The van der Waals surface area contributed by atoms with Crippen LogP contribution in [0.1, 0.15) is 18.1 Å². The smallest absolute Gasteiger partial charge is 0.0662 e. The first-order chi connectivity index (χ1) is 6.13. The highest BCUT2D eigenvalue weighted by Gasteiger charge is 2.30. The Hall–Kier alpha value is -1.02. The number of fused-ring (bicyclic) bond motifs is 1. The van der Waals surface area contributed by atoms with E-state index >= 15 is 0 Å². The van der Waals surface area contributed by atoms with E-state index in [-0.39, 0.29) is 12.1 Å². The highest BCUT2D eigenvalue weighted by Crippen LogP contribution is 2.32. The van der Waals surface area contributed by atoms with Crippen molar-refractivity contribution in [2.45, 2.75) is 25.8 Å². The molecule has 0 bridgehead atoms. The molecule has 1 aromatic rings. The number of hydrogen-bond acceptors (Lipinski definition) is 2. The van der Waals surface area contributed by atoms with Gasteiger partial charge in [0.15, 0.2) is 0 Å². The number of benzene rings is 1. The van der Waals surface area contributed by atoms with Crippen molar-refractivity contribution in [3.8, 4) is 0 Å². The van der Waals surface area contributed by atoms with Crippen molar-refractivity contribution < 1.29 is 5.11 Å². The number of anilines is 1. The summed E-state index contributed by atoms with van der Waals surface area (Å²) < 4.78 is 0. The van der Waals surface area contributed by atoms with Crippen LogP contribution >= 0.6 is 0 Å². The van der Waals surface area contributed by atoms with Gasteiger partial charge in [0.05, 0.1) is 12.1 Å². The van der Waals surface area contributed by atoms with Crippen molar-refractivity contribution in [1.82, 2.24) is 0 Å². The van der Waals surface area contributed by atoms with Crippen LogP contribution in [0.4, 0.5) is 5.69 Å². The lowest BCUT2D eigenvalue weighted by Gasteiger charge is -2.21. The van der Waals surface area contributed by atoms with E-state index in [1.807, 2.05) is 6.92 Å². The molecule has 1 aromatic carbocycles. The van der Waals surface area contributed by atoms with E-state index in [1.165, 1.54) is 16.8 Å². The van der Waals surface area contributed by atoms with Crippen LogP contribution in [0.3, 0.4) is 0 Å². The van der Waals surface area contributed by atoms with Crippen molar-refractivity contribution in [2.24, 2.45) is 0 Å². The summed E-state index contributed by atoms with van der Waals surface area (Å²) in [4.78, 5) is 0. The first-order valence-corrected chi connectivity index (χ1v) is 4.61. The normalized spacial score (nSPS) is 25.5. The minimum atomic E-state index is -0.157. The van der Waals surface area contributed by atoms with Crippen LogP contribution in [0.2, 0.25) is 0 Å². The predicted molar refractivity (Wildman–Crippen MR) is 54.0 cm³/mol. The molecule has 0 aromatic heterocycles. The quantitative estimate of drug-likeness (QED) is 0.684. The van der Waals surface area contributed by atoms with Crippen LogP contribution in [0, 0.1) is 6.92 Å². The van der Waals surface area contributed by atoms with Gasteiger partial charge in [0.25, 0.3) is 0 Å². The van der Waals surface area contributed by atoms with Gasteiger partial charge in [-0.1, -0.05) is 12.1 Å². The van der Waals surface area contributed by atoms with Gasteiger partial charge in [0.1, 0.15) is 0 Å². The van der Waals surface area contributed by atoms with Crippen LogP contribution in [0.15, 0.2) is 18.2 Å². The number of hydrogen-bond donors (Lipinski definition) is 2. The lowest BCUT2D eigenvalue weighted by molar-refractivity contribution is 0.227. The molecule has 0 spiro atoms. The Bertz CT molecular complexity index is 335. The number of aryl methyl sites for hydroxylation is 1. The first kappa shape index (κ1) is 8.57. The van der Waals surface area contributed by atoms with Gasteiger partial charge in [-0.3, -0.25) is 0 Å². The second-order valence-corrected chi connectivity index (χ2v) is 4.18. The summed E-state index contributed by atoms with van der Waals surface area (Å²) in [6, 6.07) is 6.39. The molecular weight excluding hydrogens is 162 g/mol. The van der Waals surface area contributed by atoms with Crippen LogP contribution in [0.25, 0.3) is 0 Å². The summed E-state index contributed by atoms with van der Waals surface area (Å²) in [6.45, 7) is 4.31. The van der Waals surface area contributed by atoms with E-state index in [1.54, 1.807) is 0 Å². The molecule has 0 saturated carbocycles. The minimum Gasteiger partial charge on any atom is -0.394 e. The molecule has 2 nitrogen and oxygen atoms in total. The van der Waals surface area contributed by atoms with Gasteiger partial charge in [-0.05, 0) is 37.5 Å². The van der Waals surface area contributed by atoms with Gasteiger partial charge in [-0.15, -0.1) is 0 Å². The third kappa shape index (κ3) is 1.42. The molecule has 2 heteroatoms. The molecule has 0 radical (unpaired) electrons. The maximum atomic E-state index is 9.20. The molecule has 0 fully saturated rings. The van der Waals surface area contributed by atoms with E-state index in [4.69, 9.17) is 0 Å². The number of aliphatic hydroxyl groups excluding tert-OH is 1. The lowest BCUT2D eigenvalue weighted by Crippen LogP contribution is -2.36. The van der Waals surface area contributed by atoms with Crippen molar-refractivity contribution in [2.75, 3.05) is 11.9 Å². The first-order valence-electron chi connectivity index (χ1n) is 4.61. The number of rotatable bonds is 1. The SMILES string of the molecule is Cc1ccc2c(c1)NC(C)(CO)C2. The van der Waals surface area contributed by atoms with E-state index < -0.39 is 0 Å². The van der Waals surface area contributed by atoms with E-state index in [2.05, 4.69) is 30.4 Å². The molecule has 0 aliphatic carbocycles. The summed E-state index contributed by atoms with van der Waals surface area (Å²) in [5, 5.41) is 12.6. The van der Waals surface area contributed by atoms with Crippen molar-refractivity contribution in [3.63, 3.8) is 0 Å². The molecule has 2 N–H and O–H groups in total. The van der Waals surface area contributed by atoms with Crippen molar-refractivity contribution in [3.05, 3.63) is 29.3 Å². The van der Waals surface area contributed by atoms with Crippen LogP contribution in [-0.2, 0) is 6.42 Å². The fraction of sp³-hybridized carbons (Fsp3) is 0.455. The second-order valence-electron chi connectivity index (χ2n) is 4.18. The Morgan fingerprint density at radius 3 is 3.00 bits per heavy atom. The van der Waals surface area contributed by atoms with E-state index in [0.717, 1.165) is 6.42 Å². The monoisotopic (exact) mass is 177 g/mol. The van der Waals surface area contributed by atoms with Gasteiger partial charge in [0.2, 0.25) is 0 Å². The average Bonchev–Trinajstić information content (AvgIpc) is 2.42. The highest BCUT2D eigenvalue weighted by molar-refractivity contribution is 5.60. The molecule has 70 valence electrons.